The quantitative estimate of drug-likeness (QED) is 0.621. The van der Waals surface area contributed by atoms with E-state index in [4.69, 9.17) is 23.2 Å². The summed E-state index contributed by atoms with van der Waals surface area (Å²) < 4.78 is 27.6. The van der Waals surface area contributed by atoms with Gasteiger partial charge in [-0.25, -0.2) is 13.8 Å². The Labute approximate surface area is 172 Å². The van der Waals surface area contributed by atoms with Gasteiger partial charge < -0.3 is 10.2 Å². The van der Waals surface area contributed by atoms with E-state index >= 15 is 0 Å². The number of alkyl halides is 2. The molecule has 1 fully saturated rings. The number of anilines is 2. The Hall–Kier alpha value is -1.92. The fourth-order valence-electron chi connectivity index (χ4n) is 3.32. The van der Waals surface area contributed by atoms with Crippen LogP contribution in [0.2, 0.25) is 10.2 Å². The number of aryl methyl sites for hydroxylation is 1. The Bertz CT molecular complexity index is 905. The van der Waals surface area contributed by atoms with Crippen LogP contribution in [0.4, 0.5) is 20.3 Å². The number of benzene rings is 1. The number of carbonyl (C=O) groups is 1. The van der Waals surface area contributed by atoms with E-state index in [-0.39, 0.29) is 40.9 Å². The van der Waals surface area contributed by atoms with E-state index in [2.05, 4.69) is 10.3 Å². The lowest BCUT2D eigenvalue weighted by molar-refractivity contribution is -0.0102. The zero-order valence-electron chi connectivity index (χ0n) is 15.7. The molecule has 3 rings (SSSR count). The summed E-state index contributed by atoms with van der Waals surface area (Å²) in [5, 5.41) is 3.08. The van der Waals surface area contributed by atoms with E-state index in [1.165, 1.54) is 0 Å². The van der Waals surface area contributed by atoms with Crippen molar-refractivity contribution in [1.82, 2.24) is 4.98 Å². The van der Waals surface area contributed by atoms with Gasteiger partial charge >= 0.3 is 0 Å². The van der Waals surface area contributed by atoms with Crippen LogP contribution in [0.3, 0.4) is 0 Å². The van der Waals surface area contributed by atoms with E-state index in [0.29, 0.717) is 24.2 Å². The number of halogens is 4. The first-order valence-electron chi connectivity index (χ1n) is 9.04. The van der Waals surface area contributed by atoms with Gasteiger partial charge in [-0.1, -0.05) is 35.3 Å². The van der Waals surface area contributed by atoms with Gasteiger partial charge in [0.15, 0.2) is 0 Å². The van der Waals surface area contributed by atoms with Gasteiger partial charge in [0.05, 0.1) is 10.6 Å². The van der Waals surface area contributed by atoms with Gasteiger partial charge in [-0.2, -0.15) is 0 Å². The van der Waals surface area contributed by atoms with Crippen molar-refractivity contribution in [2.45, 2.75) is 39.0 Å². The van der Waals surface area contributed by atoms with Gasteiger partial charge in [-0.3, -0.25) is 4.79 Å². The minimum Gasteiger partial charge on any atom is -0.356 e. The lowest BCUT2D eigenvalue weighted by Gasteiger charge is -2.25. The topological polar surface area (TPSA) is 45.2 Å². The maximum atomic E-state index is 13.8. The van der Waals surface area contributed by atoms with Gasteiger partial charge in [0.25, 0.3) is 5.91 Å². The third-order valence-corrected chi connectivity index (χ3v) is 5.67. The summed E-state index contributed by atoms with van der Waals surface area (Å²) in [5.74, 6) is -2.83. The molecular formula is C20H21Cl2F2N3O. The van der Waals surface area contributed by atoms with Crippen molar-refractivity contribution in [2.24, 2.45) is 0 Å². The van der Waals surface area contributed by atoms with E-state index in [0.717, 1.165) is 5.56 Å². The van der Waals surface area contributed by atoms with E-state index in [9.17, 15) is 13.6 Å². The largest absolute Gasteiger partial charge is 0.356 e. The SMILES string of the molecule is Cc1cccc(NC(=O)c2c(N3CCCC(F)(F)CC3)nc(Cl)c(Cl)c2C)c1. The fourth-order valence-corrected chi connectivity index (χ4v) is 3.68. The van der Waals surface area contributed by atoms with Crippen LogP contribution in [0, 0.1) is 13.8 Å². The maximum absolute atomic E-state index is 13.8. The van der Waals surface area contributed by atoms with Crippen LogP contribution in [0.15, 0.2) is 24.3 Å². The molecule has 0 radical (unpaired) electrons. The van der Waals surface area contributed by atoms with Crippen LogP contribution in [-0.4, -0.2) is 29.9 Å². The van der Waals surface area contributed by atoms with E-state index in [1.807, 2.05) is 25.1 Å². The normalized spacial score (nSPS) is 16.6. The van der Waals surface area contributed by atoms with Crippen LogP contribution >= 0.6 is 23.2 Å². The lowest BCUT2D eigenvalue weighted by Crippen LogP contribution is -2.30. The standard InChI is InChI=1S/C20H21Cl2F2N3O/c1-12-5-3-6-14(11-12)25-19(28)15-13(2)16(21)17(22)26-18(15)27-9-4-7-20(23,24)8-10-27/h3,5-6,11H,4,7-10H2,1-2H3,(H,25,28). The summed E-state index contributed by atoms with van der Waals surface area (Å²) in [4.78, 5) is 19.0. The second-order valence-electron chi connectivity index (χ2n) is 7.06. The summed E-state index contributed by atoms with van der Waals surface area (Å²) in [5.41, 5.74) is 2.35. The molecule has 1 amide bonds. The van der Waals surface area contributed by atoms with Crippen molar-refractivity contribution in [3.8, 4) is 0 Å². The average molecular weight is 428 g/mol. The Kier molecular flexibility index (Phi) is 6.10. The highest BCUT2D eigenvalue weighted by Crippen LogP contribution is 2.36. The number of hydrogen-bond acceptors (Lipinski definition) is 3. The third-order valence-electron chi connectivity index (χ3n) is 4.83. The predicted octanol–water partition coefficient (Wildman–Crippen LogP) is 5.88. The van der Waals surface area contributed by atoms with Gasteiger partial charge in [0.2, 0.25) is 5.92 Å². The Morgan fingerprint density at radius 3 is 2.68 bits per heavy atom. The first kappa shape index (κ1) is 20.8. The van der Waals surface area contributed by atoms with Crippen LogP contribution in [-0.2, 0) is 0 Å². The number of aromatic nitrogens is 1. The summed E-state index contributed by atoms with van der Waals surface area (Å²) in [6.45, 7) is 4.05. The van der Waals surface area contributed by atoms with Crippen molar-refractivity contribution in [3.63, 3.8) is 0 Å². The molecule has 2 aromatic rings. The number of rotatable bonds is 3. The van der Waals surface area contributed by atoms with Crippen LogP contribution in [0.25, 0.3) is 0 Å². The number of amides is 1. The molecule has 1 aliphatic rings. The molecule has 0 atom stereocenters. The molecule has 4 nitrogen and oxygen atoms in total. The minimum atomic E-state index is -2.72. The maximum Gasteiger partial charge on any atom is 0.259 e. The van der Waals surface area contributed by atoms with Crippen molar-refractivity contribution in [1.29, 1.82) is 0 Å². The predicted molar refractivity (Wildman–Crippen MR) is 109 cm³/mol. The molecular weight excluding hydrogens is 407 g/mol. The van der Waals surface area contributed by atoms with Crippen LogP contribution in [0.5, 0.6) is 0 Å². The molecule has 1 aliphatic heterocycles. The number of pyridine rings is 1. The number of nitrogens with zero attached hydrogens (tertiary/aromatic N) is 2. The number of carbonyl (C=O) groups excluding carboxylic acids is 1. The molecule has 0 spiro atoms. The Balaban J connectivity index is 1.99. The molecule has 150 valence electrons. The summed E-state index contributed by atoms with van der Waals surface area (Å²) in [6, 6.07) is 7.37. The molecule has 1 aromatic carbocycles. The van der Waals surface area contributed by atoms with Gasteiger partial charge in [0.1, 0.15) is 11.0 Å². The molecule has 1 aromatic heterocycles. The lowest BCUT2D eigenvalue weighted by atomic mass is 10.1. The highest BCUT2D eigenvalue weighted by atomic mass is 35.5. The molecule has 0 bridgehead atoms. The second-order valence-corrected chi connectivity index (χ2v) is 7.80. The van der Waals surface area contributed by atoms with Crippen molar-refractivity contribution >= 4 is 40.6 Å². The third kappa shape index (κ3) is 4.55. The summed E-state index contributed by atoms with van der Waals surface area (Å²) in [6.07, 6.45) is -0.186. The molecule has 1 N–H and O–H groups in total. The highest BCUT2D eigenvalue weighted by molar-refractivity contribution is 6.42. The van der Waals surface area contributed by atoms with Crippen molar-refractivity contribution < 1.29 is 13.6 Å². The van der Waals surface area contributed by atoms with Crippen LogP contribution in [0.1, 0.15) is 40.7 Å². The molecule has 28 heavy (non-hydrogen) atoms. The molecule has 8 heteroatoms. The van der Waals surface area contributed by atoms with Gasteiger partial charge in [-0.05, 0) is 43.5 Å². The number of hydrogen-bond donors (Lipinski definition) is 1. The fraction of sp³-hybridized carbons (Fsp3) is 0.400. The minimum absolute atomic E-state index is 0.0530. The summed E-state index contributed by atoms with van der Waals surface area (Å²) >= 11 is 12.4. The van der Waals surface area contributed by atoms with Gasteiger partial charge in [-0.15, -0.1) is 0 Å². The molecule has 0 aliphatic carbocycles. The zero-order chi connectivity index (χ0) is 20.5. The first-order valence-corrected chi connectivity index (χ1v) is 9.80. The van der Waals surface area contributed by atoms with E-state index < -0.39 is 11.8 Å². The van der Waals surface area contributed by atoms with Crippen molar-refractivity contribution in [3.05, 3.63) is 51.1 Å². The Morgan fingerprint density at radius 1 is 1.21 bits per heavy atom. The molecule has 2 heterocycles. The van der Waals surface area contributed by atoms with Gasteiger partial charge in [0, 0.05) is 31.6 Å². The van der Waals surface area contributed by atoms with Crippen molar-refractivity contribution in [2.75, 3.05) is 23.3 Å². The molecule has 0 unspecified atom stereocenters. The monoisotopic (exact) mass is 427 g/mol. The average Bonchev–Trinajstić information content (AvgIpc) is 2.80. The van der Waals surface area contributed by atoms with E-state index in [1.54, 1.807) is 17.9 Å². The smallest absolute Gasteiger partial charge is 0.259 e. The highest BCUT2D eigenvalue weighted by Gasteiger charge is 2.34. The van der Waals surface area contributed by atoms with Crippen LogP contribution < -0.4 is 10.2 Å². The first-order chi connectivity index (χ1) is 13.2. The summed E-state index contributed by atoms with van der Waals surface area (Å²) in [7, 11) is 0. The zero-order valence-corrected chi connectivity index (χ0v) is 17.2. The number of nitrogens with one attached hydrogen (secondary N) is 1. The molecule has 0 saturated carbocycles. The molecule has 1 saturated heterocycles. The second kappa shape index (κ2) is 8.21. The Morgan fingerprint density at radius 2 is 1.96 bits per heavy atom.